The second kappa shape index (κ2) is 4.22. The number of aryl methyl sites for hydroxylation is 1. The van der Waals surface area contributed by atoms with Crippen LogP contribution in [0.1, 0.15) is 24.4 Å². The average Bonchev–Trinajstić information content (AvgIpc) is 2.70. The third-order valence-electron chi connectivity index (χ3n) is 2.14. The van der Waals surface area contributed by atoms with Crippen molar-refractivity contribution >= 4 is 38.6 Å². The first-order valence-corrected chi connectivity index (χ1v) is 7.26. The summed E-state index contributed by atoms with van der Waals surface area (Å²) in [5, 5.41) is 11.0. The van der Waals surface area contributed by atoms with Crippen LogP contribution in [0.25, 0.3) is 9.88 Å². The molecule has 2 rings (SSSR count). The normalized spacial score (nSPS) is 12.1. The molecule has 2 aromatic heterocycles. The highest BCUT2D eigenvalue weighted by atomic mass is 79.9. The summed E-state index contributed by atoms with van der Waals surface area (Å²) in [4.78, 5) is 6.58. The molecule has 0 atom stereocenters. The van der Waals surface area contributed by atoms with Gasteiger partial charge in [-0.05, 0) is 48.8 Å². The van der Waals surface area contributed by atoms with Crippen molar-refractivity contribution in [2.75, 3.05) is 0 Å². The molecule has 2 heterocycles. The van der Waals surface area contributed by atoms with Crippen LogP contribution in [0.5, 0.6) is 0 Å². The molecule has 2 aromatic rings. The van der Waals surface area contributed by atoms with Crippen molar-refractivity contribution in [1.82, 2.24) is 4.98 Å². The molecule has 0 bridgehead atoms. The SMILES string of the molecule is Cc1nc(-c2ccc(Br)s2)sc1C(C)(C)O. The first kappa shape index (κ1) is 12.2. The van der Waals surface area contributed by atoms with Gasteiger partial charge in [0.1, 0.15) is 5.01 Å². The molecule has 0 aromatic carbocycles. The Kier molecular flexibility index (Phi) is 3.22. The van der Waals surface area contributed by atoms with Crippen molar-refractivity contribution in [3.05, 3.63) is 26.5 Å². The standard InChI is InChI=1S/C11H12BrNOS2/c1-6-9(11(2,3)14)16-10(13-6)7-4-5-8(12)15-7/h4-5,14H,1-3H3. The Bertz CT molecular complexity index is 510. The first-order valence-electron chi connectivity index (χ1n) is 4.84. The molecule has 0 fully saturated rings. The lowest BCUT2D eigenvalue weighted by atomic mass is 10.1. The van der Waals surface area contributed by atoms with Gasteiger partial charge in [-0.1, -0.05) is 0 Å². The Morgan fingerprint density at radius 3 is 2.44 bits per heavy atom. The van der Waals surface area contributed by atoms with Gasteiger partial charge in [0.05, 0.1) is 24.8 Å². The Balaban J connectivity index is 2.46. The van der Waals surface area contributed by atoms with Gasteiger partial charge in [-0.15, -0.1) is 22.7 Å². The molecule has 0 aliphatic heterocycles. The molecule has 5 heteroatoms. The Morgan fingerprint density at radius 1 is 1.31 bits per heavy atom. The van der Waals surface area contributed by atoms with E-state index in [1.165, 1.54) is 0 Å². The van der Waals surface area contributed by atoms with Crippen molar-refractivity contribution < 1.29 is 5.11 Å². The van der Waals surface area contributed by atoms with E-state index >= 15 is 0 Å². The van der Waals surface area contributed by atoms with Crippen LogP contribution in [0.15, 0.2) is 15.9 Å². The molecule has 0 saturated carbocycles. The van der Waals surface area contributed by atoms with Gasteiger partial charge >= 0.3 is 0 Å². The van der Waals surface area contributed by atoms with Gasteiger partial charge in [0.25, 0.3) is 0 Å². The first-order chi connectivity index (χ1) is 7.38. The van der Waals surface area contributed by atoms with Crippen LogP contribution in [-0.4, -0.2) is 10.1 Å². The summed E-state index contributed by atoms with van der Waals surface area (Å²) in [5.41, 5.74) is 0.103. The molecule has 0 aliphatic rings. The molecular formula is C11H12BrNOS2. The second-order valence-corrected chi connectivity index (χ2v) is 7.56. The number of aliphatic hydroxyl groups is 1. The van der Waals surface area contributed by atoms with Crippen LogP contribution in [0.2, 0.25) is 0 Å². The van der Waals surface area contributed by atoms with E-state index in [4.69, 9.17) is 0 Å². The number of rotatable bonds is 2. The fourth-order valence-electron chi connectivity index (χ4n) is 1.50. The number of hydrogen-bond donors (Lipinski definition) is 1. The van der Waals surface area contributed by atoms with E-state index in [2.05, 4.69) is 20.9 Å². The highest BCUT2D eigenvalue weighted by Gasteiger charge is 2.23. The molecular weight excluding hydrogens is 306 g/mol. The minimum Gasteiger partial charge on any atom is -0.385 e. The Morgan fingerprint density at radius 2 is 2.00 bits per heavy atom. The maximum atomic E-state index is 10.00. The predicted octanol–water partition coefficient (Wildman–Crippen LogP) is 4.17. The zero-order valence-corrected chi connectivity index (χ0v) is 12.5. The number of thiazole rings is 1. The summed E-state index contributed by atoms with van der Waals surface area (Å²) in [6.45, 7) is 5.53. The molecule has 0 aliphatic carbocycles. The van der Waals surface area contributed by atoms with E-state index in [0.717, 1.165) is 24.2 Å². The number of nitrogens with zero attached hydrogens (tertiary/aromatic N) is 1. The van der Waals surface area contributed by atoms with Gasteiger partial charge in [-0.25, -0.2) is 4.98 Å². The highest BCUT2D eigenvalue weighted by Crippen LogP contribution is 2.38. The zero-order chi connectivity index (χ0) is 11.9. The van der Waals surface area contributed by atoms with Crippen LogP contribution in [0.4, 0.5) is 0 Å². The lowest BCUT2D eigenvalue weighted by Gasteiger charge is -2.14. The third kappa shape index (κ3) is 2.37. The molecule has 0 spiro atoms. The van der Waals surface area contributed by atoms with E-state index in [1.807, 2.05) is 19.1 Å². The van der Waals surface area contributed by atoms with E-state index in [0.29, 0.717) is 0 Å². The van der Waals surface area contributed by atoms with Crippen LogP contribution in [0, 0.1) is 6.92 Å². The summed E-state index contributed by atoms with van der Waals surface area (Å²) in [6.07, 6.45) is 0. The maximum Gasteiger partial charge on any atom is 0.134 e. The van der Waals surface area contributed by atoms with Crippen molar-refractivity contribution in [1.29, 1.82) is 0 Å². The third-order valence-corrected chi connectivity index (χ3v) is 5.40. The smallest absolute Gasteiger partial charge is 0.134 e. The quantitative estimate of drug-likeness (QED) is 0.901. The average molecular weight is 318 g/mol. The summed E-state index contributed by atoms with van der Waals surface area (Å²) in [6, 6.07) is 4.06. The number of thiophene rings is 1. The molecule has 86 valence electrons. The highest BCUT2D eigenvalue weighted by molar-refractivity contribution is 9.11. The molecule has 1 N–H and O–H groups in total. The number of aromatic nitrogens is 1. The lowest BCUT2D eigenvalue weighted by Crippen LogP contribution is -2.14. The van der Waals surface area contributed by atoms with Crippen molar-refractivity contribution in [2.45, 2.75) is 26.4 Å². The molecule has 0 radical (unpaired) electrons. The molecule has 0 unspecified atom stereocenters. The minimum absolute atomic E-state index is 0.811. The van der Waals surface area contributed by atoms with Gasteiger partial charge in [0.15, 0.2) is 0 Å². The molecule has 2 nitrogen and oxygen atoms in total. The lowest BCUT2D eigenvalue weighted by molar-refractivity contribution is 0.0817. The zero-order valence-electron chi connectivity index (χ0n) is 9.24. The van der Waals surface area contributed by atoms with E-state index in [1.54, 1.807) is 36.5 Å². The van der Waals surface area contributed by atoms with Crippen LogP contribution in [0.3, 0.4) is 0 Å². The second-order valence-electron chi connectivity index (χ2n) is 4.10. The van der Waals surface area contributed by atoms with Gasteiger partial charge in [0, 0.05) is 0 Å². The summed E-state index contributed by atoms with van der Waals surface area (Å²) >= 11 is 6.66. The van der Waals surface area contributed by atoms with Gasteiger partial charge in [-0.2, -0.15) is 0 Å². The largest absolute Gasteiger partial charge is 0.385 e. The van der Waals surface area contributed by atoms with E-state index in [9.17, 15) is 5.11 Å². The predicted molar refractivity (Wildman–Crippen MR) is 73.1 cm³/mol. The van der Waals surface area contributed by atoms with Crippen LogP contribution in [-0.2, 0) is 5.60 Å². The van der Waals surface area contributed by atoms with Gasteiger partial charge in [0.2, 0.25) is 0 Å². The summed E-state index contributed by atoms with van der Waals surface area (Å²) < 4.78 is 1.10. The molecule has 0 saturated heterocycles. The van der Waals surface area contributed by atoms with Gasteiger partial charge < -0.3 is 5.11 Å². The van der Waals surface area contributed by atoms with Crippen molar-refractivity contribution in [3.8, 4) is 9.88 Å². The number of hydrogen-bond acceptors (Lipinski definition) is 4. The maximum absolute atomic E-state index is 10.00. The summed E-state index contributed by atoms with van der Waals surface area (Å²) in [5.74, 6) is 0. The van der Waals surface area contributed by atoms with Crippen molar-refractivity contribution in [2.24, 2.45) is 0 Å². The fourth-order valence-corrected chi connectivity index (χ4v) is 4.01. The van der Waals surface area contributed by atoms with Crippen LogP contribution >= 0.6 is 38.6 Å². The topological polar surface area (TPSA) is 33.1 Å². The molecule has 16 heavy (non-hydrogen) atoms. The van der Waals surface area contributed by atoms with Crippen LogP contribution < -0.4 is 0 Å². The van der Waals surface area contributed by atoms with E-state index in [-0.39, 0.29) is 0 Å². The van der Waals surface area contributed by atoms with Gasteiger partial charge in [-0.3, -0.25) is 0 Å². The van der Waals surface area contributed by atoms with E-state index < -0.39 is 5.60 Å². The van der Waals surface area contributed by atoms with Crippen molar-refractivity contribution in [3.63, 3.8) is 0 Å². The fraction of sp³-hybridized carbons (Fsp3) is 0.364. The Labute approximate surface area is 111 Å². The minimum atomic E-state index is -0.811. The number of halogens is 1. The monoisotopic (exact) mass is 317 g/mol. The molecule has 0 amide bonds. The summed E-state index contributed by atoms with van der Waals surface area (Å²) in [7, 11) is 0. The Hall–Kier alpha value is -0.230.